The summed E-state index contributed by atoms with van der Waals surface area (Å²) in [5.74, 6) is 2.78. The van der Waals surface area contributed by atoms with Gasteiger partial charge in [-0.2, -0.15) is 0 Å². The number of hydrogen-bond donors (Lipinski definition) is 1. The van der Waals surface area contributed by atoms with E-state index in [0.29, 0.717) is 6.61 Å². The molecular weight excluding hydrogens is 258 g/mol. The van der Waals surface area contributed by atoms with Crippen molar-refractivity contribution in [1.82, 2.24) is 5.32 Å². The monoisotopic (exact) mass is 287 g/mol. The first kappa shape index (κ1) is 16.1. The molecule has 1 fully saturated rings. The van der Waals surface area contributed by atoms with Gasteiger partial charge in [-0.25, -0.2) is 0 Å². The highest BCUT2D eigenvalue weighted by Gasteiger charge is 2.19. The zero-order chi connectivity index (χ0) is 14.9. The van der Waals surface area contributed by atoms with E-state index in [-0.39, 0.29) is 0 Å². The standard InChI is InChI=1S/C19H29NO/c1-3-13-21-19-11-9-18(10-12-19)15-20-14-17-7-5-16(4-2)6-8-17/h3,9-12,16-17,20H,1,4-8,13-15H2,2H3. The highest BCUT2D eigenvalue weighted by molar-refractivity contribution is 5.27. The van der Waals surface area contributed by atoms with Gasteiger partial charge in [-0.1, -0.05) is 51.0 Å². The number of ether oxygens (including phenoxy) is 1. The summed E-state index contributed by atoms with van der Waals surface area (Å²) in [7, 11) is 0. The second-order valence-corrected chi connectivity index (χ2v) is 6.17. The summed E-state index contributed by atoms with van der Waals surface area (Å²) in [6, 6.07) is 8.35. The molecule has 21 heavy (non-hydrogen) atoms. The lowest BCUT2D eigenvalue weighted by atomic mass is 9.81. The molecule has 0 bridgehead atoms. The van der Waals surface area contributed by atoms with E-state index in [9.17, 15) is 0 Å². The van der Waals surface area contributed by atoms with Crippen LogP contribution in [-0.4, -0.2) is 13.2 Å². The highest BCUT2D eigenvalue weighted by Crippen LogP contribution is 2.30. The Morgan fingerprint density at radius 2 is 1.81 bits per heavy atom. The van der Waals surface area contributed by atoms with Crippen LogP contribution in [0.2, 0.25) is 0 Å². The molecule has 0 atom stereocenters. The van der Waals surface area contributed by atoms with Crippen LogP contribution in [0.1, 0.15) is 44.6 Å². The van der Waals surface area contributed by atoms with Gasteiger partial charge in [0, 0.05) is 6.54 Å². The Balaban J connectivity index is 1.65. The average Bonchev–Trinajstić information content (AvgIpc) is 2.55. The Labute approximate surface area is 129 Å². The molecule has 0 aliphatic heterocycles. The second-order valence-electron chi connectivity index (χ2n) is 6.17. The zero-order valence-electron chi connectivity index (χ0n) is 13.3. The Kier molecular flexibility index (Phi) is 6.81. The third-order valence-electron chi connectivity index (χ3n) is 4.60. The van der Waals surface area contributed by atoms with Gasteiger partial charge in [0.15, 0.2) is 0 Å². The van der Waals surface area contributed by atoms with Crippen molar-refractivity contribution >= 4 is 0 Å². The SMILES string of the molecule is C=CCOc1ccc(CNCC2CCC(CC)CC2)cc1. The van der Waals surface area contributed by atoms with Gasteiger partial charge in [0.05, 0.1) is 0 Å². The third-order valence-corrected chi connectivity index (χ3v) is 4.60. The predicted molar refractivity (Wildman–Crippen MR) is 89.6 cm³/mol. The predicted octanol–water partition coefficient (Wildman–Crippen LogP) is 4.56. The van der Waals surface area contributed by atoms with E-state index < -0.39 is 0 Å². The molecule has 1 N–H and O–H groups in total. The van der Waals surface area contributed by atoms with Crippen molar-refractivity contribution in [3.05, 3.63) is 42.5 Å². The lowest BCUT2D eigenvalue weighted by molar-refractivity contribution is 0.262. The molecule has 1 saturated carbocycles. The van der Waals surface area contributed by atoms with Crippen LogP contribution in [0.3, 0.4) is 0 Å². The molecule has 0 amide bonds. The van der Waals surface area contributed by atoms with Crippen LogP contribution in [0.5, 0.6) is 5.75 Å². The molecule has 0 aromatic heterocycles. The van der Waals surface area contributed by atoms with E-state index in [4.69, 9.17) is 4.74 Å². The first-order valence-electron chi connectivity index (χ1n) is 8.35. The molecule has 1 aromatic rings. The van der Waals surface area contributed by atoms with Crippen LogP contribution < -0.4 is 10.1 Å². The van der Waals surface area contributed by atoms with Gasteiger partial charge in [0.25, 0.3) is 0 Å². The quantitative estimate of drug-likeness (QED) is 0.708. The Morgan fingerprint density at radius 3 is 2.43 bits per heavy atom. The smallest absolute Gasteiger partial charge is 0.119 e. The van der Waals surface area contributed by atoms with E-state index in [1.165, 1.54) is 37.7 Å². The Morgan fingerprint density at radius 1 is 1.14 bits per heavy atom. The van der Waals surface area contributed by atoms with E-state index in [1.54, 1.807) is 6.08 Å². The van der Waals surface area contributed by atoms with Crippen LogP contribution in [0.15, 0.2) is 36.9 Å². The third kappa shape index (κ3) is 5.55. The van der Waals surface area contributed by atoms with Crippen molar-refractivity contribution in [1.29, 1.82) is 0 Å². The first-order valence-corrected chi connectivity index (χ1v) is 8.35. The minimum Gasteiger partial charge on any atom is -0.490 e. The summed E-state index contributed by atoms with van der Waals surface area (Å²) in [4.78, 5) is 0. The van der Waals surface area contributed by atoms with E-state index in [2.05, 4.69) is 31.0 Å². The summed E-state index contributed by atoms with van der Waals surface area (Å²) in [6.07, 6.45) is 8.79. The number of rotatable bonds is 8. The van der Waals surface area contributed by atoms with Gasteiger partial charge >= 0.3 is 0 Å². The molecule has 1 aromatic carbocycles. The zero-order valence-corrected chi connectivity index (χ0v) is 13.3. The fourth-order valence-corrected chi connectivity index (χ4v) is 3.12. The molecule has 2 heteroatoms. The van der Waals surface area contributed by atoms with Crippen LogP contribution in [-0.2, 0) is 6.54 Å². The molecule has 0 unspecified atom stereocenters. The molecule has 1 aliphatic rings. The number of nitrogens with one attached hydrogen (secondary N) is 1. The number of hydrogen-bond acceptors (Lipinski definition) is 2. The minimum atomic E-state index is 0.567. The molecular formula is C19H29NO. The largest absolute Gasteiger partial charge is 0.490 e. The minimum absolute atomic E-state index is 0.567. The van der Waals surface area contributed by atoms with Crippen LogP contribution in [0.25, 0.3) is 0 Å². The highest BCUT2D eigenvalue weighted by atomic mass is 16.5. The number of benzene rings is 1. The van der Waals surface area contributed by atoms with Crippen LogP contribution in [0, 0.1) is 11.8 Å². The molecule has 2 rings (SSSR count). The summed E-state index contributed by atoms with van der Waals surface area (Å²) < 4.78 is 5.49. The maximum Gasteiger partial charge on any atom is 0.119 e. The van der Waals surface area contributed by atoms with Crippen molar-refractivity contribution in [2.75, 3.05) is 13.2 Å². The van der Waals surface area contributed by atoms with Crippen molar-refractivity contribution < 1.29 is 4.74 Å². The van der Waals surface area contributed by atoms with Crippen molar-refractivity contribution in [3.8, 4) is 5.75 Å². The van der Waals surface area contributed by atoms with Gasteiger partial charge in [-0.3, -0.25) is 0 Å². The molecule has 2 nitrogen and oxygen atoms in total. The summed E-state index contributed by atoms with van der Waals surface area (Å²) in [6.45, 7) is 8.66. The van der Waals surface area contributed by atoms with E-state index in [1.807, 2.05) is 12.1 Å². The van der Waals surface area contributed by atoms with Gasteiger partial charge in [0.1, 0.15) is 12.4 Å². The molecule has 0 spiro atoms. The fraction of sp³-hybridized carbons (Fsp3) is 0.579. The lowest BCUT2D eigenvalue weighted by Crippen LogP contribution is -2.26. The summed E-state index contributed by atoms with van der Waals surface area (Å²) >= 11 is 0. The molecule has 0 radical (unpaired) electrons. The molecule has 1 aliphatic carbocycles. The van der Waals surface area contributed by atoms with Crippen molar-refractivity contribution in [2.45, 2.75) is 45.6 Å². The average molecular weight is 287 g/mol. The van der Waals surface area contributed by atoms with E-state index in [0.717, 1.165) is 30.7 Å². The maximum atomic E-state index is 5.49. The van der Waals surface area contributed by atoms with Crippen LogP contribution in [0.4, 0.5) is 0 Å². The van der Waals surface area contributed by atoms with Crippen molar-refractivity contribution in [2.24, 2.45) is 11.8 Å². The maximum absolute atomic E-state index is 5.49. The molecule has 116 valence electrons. The summed E-state index contributed by atoms with van der Waals surface area (Å²) in [5.41, 5.74) is 1.32. The lowest BCUT2D eigenvalue weighted by Gasteiger charge is -2.27. The van der Waals surface area contributed by atoms with Gasteiger partial charge in [-0.15, -0.1) is 0 Å². The van der Waals surface area contributed by atoms with Crippen LogP contribution >= 0.6 is 0 Å². The summed E-state index contributed by atoms with van der Waals surface area (Å²) in [5, 5.41) is 3.61. The second kappa shape index (κ2) is 8.89. The van der Waals surface area contributed by atoms with Crippen molar-refractivity contribution in [3.63, 3.8) is 0 Å². The Bertz CT molecular complexity index is 404. The van der Waals surface area contributed by atoms with E-state index >= 15 is 0 Å². The topological polar surface area (TPSA) is 21.3 Å². The van der Waals surface area contributed by atoms with Gasteiger partial charge in [-0.05, 0) is 48.9 Å². The van der Waals surface area contributed by atoms with Gasteiger partial charge < -0.3 is 10.1 Å². The van der Waals surface area contributed by atoms with Gasteiger partial charge in [0.2, 0.25) is 0 Å². The molecule has 0 heterocycles. The molecule has 0 saturated heterocycles. The Hall–Kier alpha value is -1.28. The first-order chi connectivity index (χ1) is 10.3. The fourth-order valence-electron chi connectivity index (χ4n) is 3.12. The normalized spacial score (nSPS) is 22.0.